The predicted molar refractivity (Wildman–Crippen MR) is 39.9 cm³/mol. The van der Waals surface area contributed by atoms with Crippen molar-refractivity contribution < 1.29 is 4.74 Å². The normalized spacial score (nSPS) is 8.82. The van der Waals surface area contributed by atoms with Gasteiger partial charge in [-0.3, -0.25) is 0 Å². The van der Waals surface area contributed by atoms with Crippen molar-refractivity contribution in [3.05, 3.63) is 22.9 Å². The highest BCUT2D eigenvalue weighted by Gasteiger charge is 2.04. The minimum Gasteiger partial charge on any atom is -0.490 e. The molecule has 56 valence electrons. The Morgan fingerprint density at radius 3 is 3.00 bits per heavy atom. The fourth-order valence-electron chi connectivity index (χ4n) is 0.566. The summed E-state index contributed by atoms with van der Waals surface area (Å²) in [5.41, 5.74) is 0.261. The molecule has 0 aliphatic rings. The molecule has 0 aromatic carbocycles. The molecule has 11 heavy (non-hydrogen) atoms. The van der Waals surface area contributed by atoms with Gasteiger partial charge in [-0.25, -0.2) is 9.83 Å². The summed E-state index contributed by atoms with van der Waals surface area (Å²) in [6, 6.07) is 0. The molecule has 0 radical (unpaired) electrons. The molecule has 0 unspecified atom stereocenters. The Balaban J connectivity index is 3.19. The Morgan fingerprint density at radius 2 is 2.45 bits per heavy atom. The fourth-order valence-corrected chi connectivity index (χ4v) is 0.692. The van der Waals surface area contributed by atoms with Crippen LogP contribution < -0.4 is 4.74 Å². The van der Waals surface area contributed by atoms with E-state index in [2.05, 4.69) is 14.8 Å². The summed E-state index contributed by atoms with van der Waals surface area (Å²) in [5, 5.41) is 0.0780. The average molecular weight is 170 g/mol. The summed E-state index contributed by atoms with van der Waals surface area (Å²) in [6.45, 7) is 6.68. The number of aromatic nitrogens is 2. The van der Waals surface area contributed by atoms with Crippen molar-refractivity contribution in [2.45, 2.75) is 0 Å². The molecule has 0 saturated carbocycles. The molecule has 0 fully saturated rings. The van der Waals surface area contributed by atoms with Crippen LogP contribution >= 0.6 is 11.6 Å². The van der Waals surface area contributed by atoms with Crippen LogP contribution in [0.5, 0.6) is 5.88 Å². The quantitative estimate of drug-likeness (QED) is 0.475. The van der Waals surface area contributed by atoms with Gasteiger partial charge in [-0.15, -0.1) is 0 Å². The Hall–Kier alpha value is -1.34. The lowest BCUT2D eigenvalue weighted by atomic mass is 10.5. The first kappa shape index (κ1) is 7.76. The molecule has 0 atom stereocenters. The number of methoxy groups -OCH3 is 1. The topological polar surface area (TPSA) is 39.4 Å². The number of hydrogen-bond acceptors (Lipinski definition) is 3. The molecule has 0 bridgehead atoms. The van der Waals surface area contributed by atoms with E-state index in [1.54, 1.807) is 0 Å². The van der Waals surface area contributed by atoms with E-state index in [1.807, 2.05) is 0 Å². The highest BCUT2D eigenvalue weighted by Crippen LogP contribution is 2.24. The largest absolute Gasteiger partial charge is 0.490 e. The highest BCUT2D eigenvalue weighted by molar-refractivity contribution is 6.28. The van der Waals surface area contributed by atoms with Crippen LogP contribution in [0.2, 0.25) is 5.28 Å². The SMILES string of the molecule is [C-]#[N+]c1cnc(Cl)nc1OC. The van der Waals surface area contributed by atoms with Gasteiger partial charge in [0.1, 0.15) is 0 Å². The van der Waals surface area contributed by atoms with Crippen molar-refractivity contribution in [2.24, 2.45) is 0 Å². The first-order valence-electron chi connectivity index (χ1n) is 2.72. The molecule has 0 aliphatic heterocycles. The van der Waals surface area contributed by atoms with E-state index in [1.165, 1.54) is 13.3 Å². The van der Waals surface area contributed by atoms with Crippen LogP contribution in [0.4, 0.5) is 5.69 Å². The first-order chi connectivity index (χ1) is 5.27. The van der Waals surface area contributed by atoms with Crippen molar-refractivity contribution >= 4 is 17.3 Å². The molecule has 1 aromatic rings. The summed E-state index contributed by atoms with van der Waals surface area (Å²) < 4.78 is 4.77. The standard InChI is InChI=1S/C6H4ClN3O/c1-8-4-3-9-6(7)10-5(4)11-2/h3H,2H3. The molecule has 0 saturated heterocycles. The third-order valence-corrected chi connectivity index (χ3v) is 1.20. The van der Waals surface area contributed by atoms with Crippen LogP contribution in [-0.4, -0.2) is 17.1 Å². The first-order valence-corrected chi connectivity index (χ1v) is 3.09. The highest BCUT2D eigenvalue weighted by atomic mass is 35.5. The molecule has 0 aliphatic carbocycles. The van der Waals surface area contributed by atoms with E-state index in [-0.39, 0.29) is 16.9 Å². The Kier molecular flexibility index (Phi) is 2.24. The van der Waals surface area contributed by atoms with Gasteiger partial charge in [0, 0.05) is 6.20 Å². The van der Waals surface area contributed by atoms with Crippen LogP contribution in [0.3, 0.4) is 0 Å². The van der Waals surface area contributed by atoms with Gasteiger partial charge in [0.15, 0.2) is 0 Å². The van der Waals surface area contributed by atoms with Gasteiger partial charge in [0.2, 0.25) is 11.2 Å². The van der Waals surface area contributed by atoms with E-state index >= 15 is 0 Å². The second kappa shape index (κ2) is 3.17. The van der Waals surface area contributed by atoms with E-state index in [0.29, 0.717) is 0 Å². The molecule has 1 aromatic heterocycles. The lowest BCUT2D eigenvalue weighted by Gasteiger charge is -1.99. The second-order valence-corrected chi connectivity index (χ2v) is 1.98. The molecular formula is C6H4ClN3O. The minimum absolute atomic E-state index is 0.0780. The predicted octanol–water partition coefficient (Wildman–Crippen LogP) is 1.69. The third-order valence-electron chi connectivity index (χ3n) is 1.02. The fraction of sp³-hybridized carbons (Fsp3) is 0.167. The van der Waals surface area contributed by atoms with Crippen molar-refractivity contribution in [3.63, 3.8) is 0 Å². The van der Waals surface area contributed by atoms with Crippen LogP contribution in [-0.2, 0) is 0 Å². The van der Waals surface area contributed by atoms with E-state index in [9.17, 15) is 0 Å². The summed E-state index contributed by atoms with van der Waals surface area (Å²) in [7, 11) is 1.42. The van der Waals surface area contributed by atoms with Crippen molar-refractivity contribution in [1.82, 2.24) is 9.97 Å². The van der Waals surface area contributed by atoms with Crippen molar-refractivity contribution in [1.29, 1.82) is 0 Å². The Morgan fingerprint density at radius 1 is 1.73 bits per heavy atom. The molecule has 0 spiro atoms. The molecular weight excluding hydrogens is 166 g/mol. The minimum atomic E-state index is 0.0780. The van der Waals surface area contributed by atoms with Crippen LogP contribution in [0.1, 0.15) is 0 Å². The zero-order valence-corrected chi connectivity index (χ0v) is 6.46. The Labute approximate surface area is 68.6 Å². The number of hydrogen-bond donors (Lipinski definition) is 0. The maximum atomic E-state index is 6.68. The maximum absolute atomic E-state index is 6.68. The van der Waals surface area contributed by atoms with E-state index in [4.69, 9.17) is 22.9 Å². The number of rotatable bonds is 1. The van der Waals surface area contributed by atoms with Gasteiger partial charge in [0.25, 0.3) is 5.69 Å². The van der Waals surface area contributed by atoms with E-state index < -0.39 is 0 Å². The Bertz CT molecular complexity index is 307. The van der Waals surface area contributed by atoms with Crippen molar-refractivity contribution in [2.75, 3.05) is 7.11 Å². The van der Waals surface area contributed by atoms with E-state index in [0.717, 1.165) is 0 Å². The zero-order chi connectivity index (χ0) is 8.27. The molecule has 5 heteroatoms. The number of ether oxygens (including phenoxy) is 1. The van der Waals surface area contributed by atoms with Gasteiger partial charge in [-0.2, -0.15) is 4.98 Å². The molecule has 0 amide bonds. The monoisotopic (exact) mass is 169 g/mol. The number of halogens is 1. The van der Waals surface area contributed by atoms with Gasteiger partial charge in [0.05, 0.1) is 13.7 Å². The smallest absolute Gasteiger partial charge is 0.264 e. The lowest BCUT2D eigenvalue weighted by molar-refractivity contribution is 0.400. The van der Waals surface area contributed by atoms with Crippen LogP contribution in [0, 0.1) is 6.57 Å². The van der Waals surface area contributed by atoms with Crippen LogP contribution in [0.15, 0.2) is 6.20 Å². The second-order valence-electron chi connectivity index (χ2n) is 1.65. The summed E-state index contributed by atoms with van der Waals surface area (Å²) in [5.74, 6) is 0.208. The summed E-state index contributed by atoms with van der Waals surface area (Å²) in [4.78, 5) is 10.4. The van der Waals surface area contributed by atoms with Gasteiger partial charge in [-0.1, -0.05) is 0 Å². The maximum Gasteiger partial charge on any atom is 0.264 e. The van der Waals surface area contributed by atoms with Gasteiger partial charge < -0.3 is 4.74 Å². The van der Waals surface area contributed by atoms with Crippen molar-refractivity contribution in [3.8, 4) is 5.88 Å². The van der Waals surface area contributed by atoms with Crippen LogP contribution in [0.25, 0.3) is 4.85 Å². The summed E-state index contributed by atoms with van der Waals surface area (Å²) >= 11 is 5.45. The molecule has 0 N–H and O–H groups in total. The van der Waals surface area contributed by atoms with Gasteiger partial charge in [-0.05, 0) is 11.6 Å². The third kappa shape index (κ3) is 1.57. The summed E-state index contributed by atoms with van der Waals surface area (Å²) in [6.07, 6.45) is 1.32. The molecule has 1 heterocycles. The molecule has 4 nitrogen and oxygen atoms in total. The molecule has 1 rings (SSSR count). The number of nitrogens with zero attached hydrogens (tertiary/aromatic N) is 3. The lowest BCUT2D eigenvalue weighted by Crippen LogP contribution is -1.89. The average Bonchev–Trinajstić information content (AvgIpc) is 2.04. The van der Waals surface area contributed by atoms with Gasteiger partial charge >= 0.3 is 0 Å². The zero-order valence-electron chi connectivity index (χ0n) is 5.71.